The number of halogens is 3. The zero-order chi connectivity index (χ0) is 23.9. The number of carbonyl (C=O) groups is 1. The quantitative estimate of drug-likeness (QED) is 0.543. The molecule has 1 aromatic carbocycles. The summed E-state index contributed by atoms with van der Waals surface area (Å²) in [6.07, 6.45) is -2.37. The smallest absolute Gasteiger partial charge is 0.350 e. The summed E-state index contributed by atoms with van der Waals surface area (Å²) < 4.78 is 38.3. The van der Waals surface area contributed by atoms with Crippen molar-refractivity contribution in [2.24, 2.45) is 5.92 Å². The van der Waals surface area contributed by atoms with Crippen LogP contribution >= 0.6 is 11.3 Å². The molecule has 9 heteroatoms. The molecule has 3 aliphatic heterocycles. The minimum atomic E-state index is -4.41. The Balaban J connectivity index is 1.23. The molecule has 0 saturated carbocycles. The van der Waals surface area contributed by atoms with Gasteiger partial charge >= 0.3 is 6.18 Å². The Morgan fingerprint density at radius 2 is 2.00 bits per heavy atom. The van der Waals surface area contributed by atoms with Crippen LogP contribution in [0.5, 0.6) is 0 Å². The van der Waals surface area contributed by atoms with Crippen LogP contribution in [0, 0.1) is 12.8 Å². The van der Waals surface area contributed by atoms with E-state index in [0.717, 1.165) is 60.2 Å². The summed E-state index contributed by atoms with van der Waals surface area (Å²) in [5.41, 5.74) is 1.53. The largest absolute Gasteiger partial charge is 0.416 e. The number of hydrogen-bond acceptors (Lipinski definition) is 5. The Morgan fingerprint density at radius 3 is 2.65 bits per heavy atom. The molecular weight excluding hydrogens is 461 g/mol. The van der Waals surface area contributed by atoms with Crippen LogP contribution in [0.15, 0.2) is 47.8 Å². The van der Waals surface area contributed by atoms with E-state index in [4.69, 9.17) is 4.98 Å². The molecule has 3 aliphatic rings. The zero-order valence-corrected chi connectivity index (χ0v) is 19.5. The van der Waals surface area contributed by atoms with Crippen molar-refractivity contribution in [2.45, 2.75) is 37.9 Å². The van der Waals surface area contributed by atoms with Crippen LogP contribution in [0.1, 0.15) is 46.2 Å². The van der Waals surface area contributed by atoms with Crippen LogP contribution in [0.25, 0.3) is 10.6 Å². The van der Waals surface area contributed by atoms with E-state index in [1.165, 1.54) is 12.1 Å². The lowest BCUT2D eigenvalue weighted by atomic mass is 9.74. The topological polar surface area (TPSA) is 58.1 Å². The Hall–Kier alpha value is -2.78. The highest BCUT2D eigenvalue weighted by Gasteiger charge is 2.41. The van der Waals surface area contributed by atoms with Gasteiger partial charge in [0.15, 0.2) is 0 Å². The fourth-order valence-electron chi connectivity index (χ4n) is 5.14. The van der Waals surface area contributed by atoms with E-state index in [1.54, 1.807) is 11.3 Å². The van der Waals surface area contributed by atoms with Crippen LogP contribution in [0.4, 0.5) is 13.2 Å². The Morgan fingerprint density at radius 1 is 1.21 bits per heavy atom. The number of nitrogens with one attached hydrogen (secondary N) is 1. The number of aromatic nitrogens is 2. The van der Waals surface area contributed by atoms with E-state index in [1.807, 2.05) is 18.4 Å². The predicted octanol–water partition coefficient (Wildman–Crippen LogP) is 5.14. The lowest BCUT2D eigenvalue weighted by Gasteiger charge is -2.49. The summed E-state index contributed by atoms with van der Waals surface area (Å²) in [5, 5.41) is 4.96. The molecular formula is C25H25F3N4OS. The first-order valence-corrected chi connectivity index (χ1v) is 12.2. The summed E-state index contributed by atoms with van der Waals surface area (Å²) in [4.78, 5) is 25.4. The van der Waals surface area contributed by atoms with Crippen molar-refractivity contribution < 1.29 is 18.0 Å². The summed E-state index contributed by atoms with van der Waals surface area (Å²) >= 11 is 1.67. The first-order chi connectivity index (χ1) is 16.3. The number of benzene rings is 1. The van der Waals surface area contributed by atoms with E-state index < -0.39 is 11.7 Å². The molecule has 4 atom stereocenters. The SMILES string of the molecule is Cc1nc(-c2cccs2)cc([C@@H]2CN3CC[C@H]2C[C@@H]3CNC(=O)c2ccc(C(F)(F)F)cc2)n1. The molecule has 0 spiro atoms. The van der Waals surface area contributed by atoms with E-state index in [2.05, 4.69) is 27.3 Å². The van der Waals surface area contributed by atoms with Crippen molar-refractivity contribution in [1.29, 1.82) is 0 Å². The highest BCUT2D eigenvalue weighted by molar-refractivity contribution is 7.13. The summed E-state index contributed by atoms with van der Waals surface area (Å²) in [6.45, 7) is 4.27. The standard InChI is InChI=1S/C25H25F3N4OS/c1-15-30-21(12-22(31-15)23-3-2-10-34-23)20-14-32-9-8-17(20)11-19(32)13-29-24(33)16-4-6-18(7-5-16)25(26,27)28/h2-7,10,12,17,19-20H,8-9,11,13-14H2,1H3,(H,29,33)/t17-,19+,20+/m0/s1. The summed E-state index contributed by atoms with van der Waals surface area (Å²) in [5.74, 6) is 1.23. The summed E-state index contributed by atoms with van der Waals surface area (Å²) in [7, 11) is 0. The molecule has 3 fully saturated rings. The van der Waals surface area contributed by atoms with Crippen LogP contribution in [-0.2, 0) is 6.18 Å². The Labute approximate surface area is 200 Å². The molecule has 1 amide bonds. The third kappa shape index (κ3) is 4.72. The zero-order valence-electron chi connectivity index (χ0n) is 18.7. The number of piperidine rings is 3. The number of rotatable bonds is 5. The molecule has 1 unspecified atom stereocenters. The van der Waals surface area contributed by atoms with Gasteiger partial charge in [-0.3, -0.25) is 9.69 Å². The van der Waals surface area contributed by atoms with Crippen molar-refractivity contribution in [3.8, 4) is 10.6 Å². The van der Waals surface area contributed by atoms with Gasteiger partial charge in [0, 0.05) is 36.3 Å². The molecule has 0 radical (unpaired) electrons. The molecule has 5 nitrogen and oxygen atoms in total. The van der Waals surface area contributed by atoms with E-state index in [-0.39, 0.29) is 17.5 Å². The third-order valence-electron chi connectivity index (χ3n) is 6.86. The number of aryl methyl sites for hydroxylation is 1. The molecule has 6 rings (SSSR count). The fraction of sp³-hybridized carbons (Fsp3) is 0.400. The Bertz CT molecular complexity index is 1160. The first-order valence-electron chi connectivity index (χ1n) is 11.4. The average Bonchev–Trinajstić information content (AvgIpc) is 3.37. The van der Waals surface area contributed by atoms with Gasteiger partial charge in [-0.15, -0.1) is 11.3 Å². The van der Waals surface area contributed by atoms with E-state index >= 15 is 0 Å². The number of fused-ring (bicyclic) bond motifs is 3. The Kier molecular flexibility index (Phi) is 6.16. The van der Waals surface area contributed by atoms with Crippen molar-refractivity contribution in [1.82, 2.24) is 20.2 Å². The number of amides is 1. The van der Waals surface area contributed by atoms with Crippen LogP contribution < -0.4 is 5.32 Å². The normalized spacial score (nSPS) is 24.2. The third-order valence-corrected chi connectivity index (χ3v) is 7.75. The lowest BCUT2D eigenvalue weighted by Crippen LogP contribution is -2.56. The number of carbonyl (C=O) groups excluding carboxylic acids is 1. The summed E-state index contributed by atoms with van der Waals surface area (Å²) in [6, 6.07) is 10.8. The highest BCUT2D eigenvalue weighted by Crippen LogP contribution is 2.42. The van der Waals surface area contributed by atoms with Crippen molar-refractivity contribution in [2.75, 3.05) is 19.6 Å². The van der Waals surface area contributed by atoms with Crippen LogP contribution in [-0.4, -0.2) is 46.5 Å². The van der Waals surface area contributed by atoms with Crippen molar-refractivity contribution in [3.05, 3.63) is 70.5 Å². The molecule has 2 aromatic heterocycles. The number of hydrogen-bond donors (Lipinski definition) is 1. The van der Waals surface area contributed by atoms with Gasteiger partial charge in [-0.2, -0.15) is 13.2 Å². The number of nitrogens with zero attached hydrogens (tertiary/aromatic N) is 3. The van der Waals surface area contributed by atoms with Gasteiger partial charge in [0.1, 0.15) is 5.82 Å². The van der Waals surface area contributed by atoms with E-state index in [0.29, 0.717) is 18.4 Å². The second kappa shape index (κ2) is 9.11. The van der Waals surface area contributed by atoms with Crippen molar-refractivity contribution >= 4 is 17.2 Å². The maximum absolute atomic E-state index is 12.8. The van der Waals surface area contributed by atoms with Gasteiger partial charge in [-0.25, -0.2) is 9.97 Å². The maximum atomic E-state index is 12.8. The average molecular weight is 487 g/mol. The molecule has 2 bridgehead atoms. The van der Waals surface area contributed by atoms with Gasteiger partial charge < -0.3 is 5.32 Å². The molecule has 3 saturated heterocycles. The monoisotopic (exact) mass is 486 g/mol. The predicted molar refractivity (Wildman–Crippen MR) is 125 cm³/mol. The van der Waals surface area contributed by atoms with Gasteiger partial charge in [0.2, 0.25) is 0 Å². The fourth-order valence-corrected chi connectivity index (χ4v) is 5.83. The lowest BCUT2D eigenvalue weighted by molar-refractivity contribution is -0.137. The van der Waals surface area contributed by atoms with Crippen molar-refractivity contribution in [3.63, 3.8) is 0 Å². The minimum absolute atomic E-state index is 0.216. The van der Waals surface area contributed by atoms with Crippen LogP contribution in [0.2, 0.25) is 0 Å². The highest BCUT2D eigenvalue weighted by atomic mass is 32.1. The number of thiophene rings is 1. The van der Waals surface area contributed by atoms with Gasteiger partial charge in [-0.1, -0.05) is 6.07 Å². The molecule has 34 heavy (non-hydrogen) atoms. The second-order valence-electron chi connectivity index (χ2n) is 9.03. The molecule has 0 aliphatic carbocycles. The van der Waals surface area contributed by atoms with Gasteiger partial charge in [0.25, 0.3) is 5.91 Å². The maximum Gasteiger partial charge on any atom is 0.416 e. The van der Waals surface area contributed by atoms with Gasteiger partial charge in [-0.05, 0) is 74.0 Å². The second-order valence-corrected chi connectivity index (χ2v) is 9.98. The van der Waals surface area contributed by atoms with Gasteiger partial charge in [0.05, 0.1) is 16.1 Å². The number of alkyl halides is 3. The van der Waals surface area contributed by atoms with E-state index in [9.17, 15) is 18.0 Å². The first kappa shape index (κ1) is 23.0. The molecule has 178 valence electrons. The molecule has 5 heterocycles. The minimum Gasteiger partial charge on any atom is -0.350 e. The molecule has 1 N–H and O–H groups in total. The van der Waals surface area contributed by atoms with Crippen LogP contribution in [0.3, 0.4) is 0 Å². The molecule has 3 aromatic rings.